The van der Waals surface area contributed by atoms with Crippen LogP contribution >= 0.6 is 15.9 Å². The molecule has 0 unspecified atom stereocenters. The standard InChI is InChI=1S/C11H12BrN3/c1-8-13-9(2)15(14-8)11-5-3-10(7-12)4-6-11/h3-6H,7H2,1-2H3. The highest BCUT2D eigenvalue weighted by molar-refractivity contribution is 9.08. The van der Waals surface area contributed by atoms with Gasteiger partial charge in [-0.25, -0.2) is 9.67 Å². The zero-order chi connectivity index (χ0) is 10.8. The van der Waals surface area contributed by atoms with Crippen molar-refractivity contribution in [2.75, 3.05) is 0 Å². The molecule has 1 aromatic heterocycles. The van der Waals surface area contributed by atoms with Gasteiger partial charge in [0, 0.05) is 5.33 Å². The minimum absolute atomic E-state index is 0.803. The molecule has 78 valence electrons. The molecule has 15 heavy (non-hydrogen) atoms. The summed E-state index contributed by atoms with van der Waals surface area (Å²) in [6, 6.07) is 8.27. The first-order valence-corrected chi connectivity index (χ1v) is 5.88. The molecule has 0 fully saturated rings. The van der Waals surface area contributed by atoms with Crippen molar-refractivity contribution in [2.45, 2.75) is 19.2 Å². The first-order valence-electron chi connectivity index (χ1n) is 4.76. The Morgan fingerprint density at radius 3 is 2.33 bits per heavy atom. The largest absolute Gasteiger partial charge is 0.218 e. The highest BCUT2D eigenvalue weighted by Gasteiger charge is 2.04. The van der Waals surface area contributed by atoms with Gasteiger partial charge in [0.1, 0.15) is 11.6 Å². The molecule has 0 radical (unpaired) electrons. The average molecular weight is 266 g/mol. The number of rotatable bonds is 2. The van der Waals surface area contributed by atoms with Crippen molar-refractivity contribution in [1.82, 2.24) is 14.8 Å². The van der Waals surface area contributed by atoms with Gasteiger partial charge in [0.25, 0.3) is 0 Å². The summed E-state index contributed by atoms with van der Waals surface area (Å²) in [5, 5.41) is 5.21. The van der Waals surface area contributed by atoms with E-state index in [2.05, 4.69) is 50.3 Å². The monoisotopic (exact) mass is 265 g/mol. The van der Waals surface area contributed by atoms with Gasteiger partial charge in [0.15, 0.2) is 0 Å². The van der Waals surface area contributed by atoms with Crippen LogP contribution in [0.25, 0.3) is 5.69 Å². The van der Waals surface area contributed by atoms with Crippen LogP contribution < -0.4 is 0 Å². The minimum Gasteiger partial charge on any atom is -0.218 e. The third kappa shape index (κ3) is 2.09. The molecule has 0 amide bonds. The van der Waals surface area contributed by atoms with Gasteiger partial charge < -0.3 is 0 Å². The van der Waals surface area contributed by atoms with E-state index >= 15 is 0 Å². The average Bonchev–Trinajstić information content (AvgIpc) is 2.58. The molecule has 3 nitrogen and oxygen atoms in total. The summed E-state index contributed by atoms with van der Waals surface area (Å²) >= 11 is 3.42. The summed E-state index contributed by atoms with van der Waals surface area (Å²) in [7, 11) is 0. The van der Waals surface area contributed by atoms with Crippen molar-refractivity contribution >= 4 is 15.9 Å². The van der Waals surface area contributed by atoms with Gasteiger partial charge in [-0.05, 0) is 31.5 Å². The number of aromatic nitrogens is 3. The fraction of sp³-hybridized carbons (Fsp3) is 0.273. The molecule has 0 aliphatic carbocycles. The molecule has 0 aliphatic rings. The molecule has 1 heterocycles. The van der Waals surface area contributed by atoms with E-state index in [1.807, 2.05) is 18.5 Å². The Labute approximate surface area is 97.3 Å². The molecule has 0 saturated carbocycles. The second kappa shape index (κ2) is 4.14. The number of aryl methyl sites for hydroxylation is 2. The lowest BCUT2D eigenvalue weighted by molar-refractivity contribution is 0.831. The van der Waals surface area contributed by atoms with Gasteiger partial charge in [-0.1, -0.05) is 28.1 Å². The molecule has 0 spiro atoms. The lowest BCUT2D eigenvalue weighted by atomic mass is 10.2. The van der Waals surface area contributed by atoms with Crippen molar-refractivity contribution < 1.29 is 0 Å². The van der Waals surface area contributed by atoms with Gasteiger partial charge in [0.05, 0.1) is 5.69 Å². The van der Waals surface area contributed by atoms with Crippen molar-refractivity contribution in [2.24, 2.45) is 0 Å². The predicted molar refractivity (Wildman–Crippen MR) is 63.5 cm³/mol. The van der Waals surface area contributed by atoms with Crippen LogP contribution in [0.15, 0.2) is 24.3 Å². The number of hydrogen-bond donors (Lipinski definition) is 0. The Bertz CT molecular complexity index is 459. The topological polar surface area (TPSA) is 30.7 Å². The Kier molecular flexibility index (Phi) is 2.86. The van der Waals surface area contributed by atoms with E-state index in [1.165, 1.54) is 5.56 Å². The molecule has 1 aromatic carbocycles. The quantitative estimate of drug-likeness (QED) is 0.782. The highest BCUT2D eigenvalue weighted by Crippen LogP contribution is 2.12. The van der Waals surface area contributed by atoms with Crippen LogP contribution in [0.1, 0.15) is 17.2 Å². The Morgan fingerprint density at radius 1 is 1.20 bits per heavy atom. The second-order valence-electron chi connectivity index (χ2n) is 3.42. The van der Waals surface area contributed by atoms with Crippen LogP contribution in [0.2, 0.25) is 0 Å². The summed E-state index contributed by atoms with van der Waals surface area (Å²) in [5.74, 6) is 1.72. The SMILES string of the molecule is Cc1nc(C)n(-c2ccc(CBr)cc2)n1. The lowest BCUT2D eigenvalue weighted by Crippen LogP contribution is -1.99. The molecular formula is C11H12BrN3. The molecule has 0 aliphatic heterocycles. The van der Waals surface area contributed by atoms with Crippen LogP contribution in [0, 0.1) is 13.8 Å². The van der Waals surface area contributed by atoms with E-state index in [-0.39, 0.29) is 0 Å². The van der Waals surface area contributed by atoms with E-state index in [0.29, 0.717) is 0 Å². The van der Waals surface area contributed by atoms with Crippen LogP contribution in [0.3, 0.4) is 0 Å². The summed E-state index contributed by atoms with van der Waals surface area (Å²) in [4.78, 5) is 4.27. The van der Waals surface area contributed by atoms with Crippen LogP contribution in [-0.4, -0.2) is 14.8 Å². The maximum absolute atomic E-state index is 4.33. The summed E-state index contributed by atoms with van der Waals surface area (Å²) in [6.07, 6.45) is 0. The zero-order valence-corrected chi connectivity index (χ0v) is 10.3. The van der Waals surface area contributed by atoms with Crippen molar-refractivity contribution in [1.29, 1.82) is 0 Å². The molecule has 2 rings (SSSR count). The lowest BCUT2D eigenvalue weighted by Gasteiger charge is -2.03. The van der Waals surface area contributed by atoms with Gasteiger partial charge in [-0.2, -0.15) is 5.10 Å². The molecule has 0 N–H and O–H groups in total. The third-order valence-electron chi connectivity index (χ3n) is 2.21. The summed E-state index contributed by atoms with van der Waals surface area (Å²) < 4.78 is 1.85. The minimum atomic E-state index is 0.803. The van der Waals surface area contributed by atoms with E-state index in [9.17, 15) is 0 Å². The van der Waals surface area contributed by atoms with Gasteiger partial charge >= 0.3 is 0 Å². The first kappa shape index (κ1) is 10.4. The number of benzene rings is 1. The predicted octanol–water partition coefficient (Wildman–Crippen LogP) is 2.78. The first-order chi connectivity index (χ1) is 7.20. The molecule has 0 bridgehead atoms. The molecule has 2 aromatic rings. The van der Waals surface area contributed by atoms with Gasteiger partial charge in [-0.3, -0.25) is 0 Å². The second-order valence-corrected chi connectivity index (χ2v) is 3.98. The number of halogens is 1. The Balaban J connectivity index is 2.41. The summed E-state index contributed by atoms with van der Waals surface area (Å²) in [6.45, 7) is 3.86. The fourth-order valence-electron chi connectivity index (χ4n) is 1.49. The number of hydrogen-bond acceptors (Lipinski definition) is 2. The number of nitrogens with zero attached hydrogens (tertiary/aromatic N) is 3. The maximum Gasteiger partial charge on any atom is 0.148 e. The highest BCUT2D eigenvalue weighted by atomic mass is 79.9. The Morgan fingerprint density at radius 2 is 1.87 bits per heavy atom. The van der Waals surface area contributed by atoms with E-state index in [1.54, 1.807) is 0 Å². The normalized spacial score (nSPS) is 10.6. The Hall–Kier alpha value is -1.16. The van der Waals surface area contributed by atoms with Crippen molar-refractivity contribution in [3.63, 3.8) is 0 Å². The van der Waals surface area contributed by atoms with Crippen LogP contribution in [0.4, 0.5) is 0 Å². The smallest absolute Gasteiger partial charge is 0.148 e. The van der Waals surface area contributed by atoms with Crippen molar-refractivity contribution in [3.05, 3.63) is 41.5 Å². The maximum atomic E-state index is 4.33. The molecule has 4 heteroatoms. The van der Waals surface area contributed by atoms with Gasteiger partial charge in [0.2, 0.25) is 0 Å². The molecule has 0 saturated heterocycles. The summed E-state index contributed by atoms with van der Waals surface area (Å²) in [5.41, 5.74) is 2.31. The van der Waals surface area contributed by atoms with E-state index in [0.717, 1.165) is 22.7 Å². The van der Waals surface area contributed by atoms with Gasteiger partial charge in [-0.15, -0.1) is 0 Å². The third-order valence-corrected chi connectivity index (χ3v) is 2.86. The number of alkyl halides is 1. The van der Waals surface area contributed by atoms with Crippen LogP contribution in [0.5, 0.6) is 0 Å². The van der Waals surface area contributed by atoms with Crippen molar-refractivity contribution in [3.8, 4) is 5.69 Å². The fourth-order valence-corrected chi connectivity index (χ4v) is 1.87. The van der Waals surface area contributed by atoms with E-state index in [4.69, 9.17) is 0 Å². The van der Waals surface area contributed by atoms with E-state index < -0.39 is 0 Å². The zero-order valence-electron chi connectivity index (χ0n) is 8.74. The molecular weight excluding hydrogens is 254 g/mol. The van der Waals surface area contributed by atoms with Crippen LogP contribution in [-0.2, 0) is 5.33 Å². The molecule has 0 atom stereocenters.